The second-order valence-electron chi connectivity index (χ2n) is 3.42. The Labute approximate surface area is 77.5 Å². The molecule has 0 aromatic carbocycles. The van der Waals surface area contributed by atoms with Crippen molar-refractivity contribution < 1.29 is 13.2 Å². The molecule has 0 spiro atoms. The number of hydrogen-bond donors (Lipinski definition) is 2. The van der Waals surface area contributed by atoms with Crippen LogP contribution in [0.4, 0.5) is 0 Å². The average molecular weight is 206 g/mol. The smallest absolute Gasteiger partial charge is 0.221 e. The van der Waals surface area contributed by atoms with E-state index in [4.69, 9.17) is 10.9 Å². The van der Waals surface area contributed by atoms with Crippen LogP contribution in [0.25, 0.3) is 0 Å². The second-order valence-corrected chi connectivity index (χ2v) is 5.20. The molecule has 1 amide bonds. The standard InChI is InChI=1S/C7H14N2O3S/c8-7(10)5-3-1-2-4-6(5)13(9,11)12/h5-6H,1-4H2,(H2,8,10)(H2,9,11,12)/t5-,6+/m0/s1. The summed E-state index contributed by atoms with van der Waals surface area (Å²) in [5.74, 6) is -1.15. The van der Waals surface area contributed by atoms with Crippen molar-refractivity contribution >= 4 is 15.9 Å². The number of amides is 1. The summed E-state index contributed by atoms with van der Waals surface area (Å²) >= 11 is 0. The summed E-state index contributed by atoms with van der Waals surface area (Å²) in [4.78, 5) is 10.9. The molecule has 0 unspecified atom stereocenters. The number of carbonyl (C=O) groups excluding carboxylic acids is 1. The highest BCUT2D eigenvalue weighted by Gasteiger charge is 2.36. The molecule has 2 atom stereocenters. The Balaban J connectivity index is 2.86. The lowest BCUT2D eigenvalue weighted by atomic mass is 9.88. The maximum atomic E-state index is 11.1. The zero-order chi connectivity index (χ0) is 10.1. The maximum Gasteiger partial charge on any atom is 0.221 e. The highest BCUT2D eigenvalue weighted by Crippen LogP contribution is 2.28. The number of rotatable bonds is 2. The molecule has 76 valence electrons. The van der Waals surface area contributed by atoms with E-state index in [-0.39, 0.29) is 0 Å². The van der Waals surface area contributed by atoms with E-state index in [1.165, 1.54) is 0 Å². The van der Waals surface area contributed by atoms with Gasteiger partial charge in [0.25, 0.3) is 0 Å². The number of primary sulfonamides is 1. The van der Waals surface area contributed by atoms with Crippen molar-refractivity contribution in [1.82, 2.24) is 0 Å². The number of carbonyl (C=O) groups is 1. The summed E-state index contributed by atoms with van der Waals surface area (Å²) in [5.41, 5.74) is 5.10. The van der Waals surface area contributed by atoms with Crippen LogP contribution in [0.1, 0.15) is 25.7 Å². The molecule has 6 heteroatoms. The topological polar surface area (TPSA) is 103 Å². The van der Waals surface area contributed by atoms with E-state index >= 15 is 0 Å². The predicted molar refractivity (Wildman–Crippen MR) is 48.0 cm³/mol. The molecule has 0 aromatic heterocycles. The van der Waals surface area contributed by atoms with Crippen molar-refractivity contribution in [3.63, 3.8) is 0 Å². The van der Waals surface area contributed by atoms with Gasteiger partial charge in [-0.3, -0.25) is 4.79 Å². The van der Waals surface area contributed by atoms with Crippen LogP contribution in [0.15, 0.2) is 0 Å². The van der Waals surface area contributed by atoms with Crippen LogP contribution in [0.5, 0.6) is 0 Å². The predicted octanol–water partition coefficient (Wildman–Crippen LogP) is -0.681. The first-order valence-corrected chi connectivity index (χ1v) is 5.85. The molecule has 0 saturated heterocycles. The number of primary amides is 1. The fourth-order valence-electron chi connectivity index (χ4n) is 1.82. The molecule has 0 radical (unpaired) electrons. The van der Waals surface area contributed by atoms with E-state index in [1.54, 1.807) is 0 Å². The van der Waals surface area contributed by atoms with Crippen molar-refractivity contribution in [2.75, 3.05) is 0 Å². The van der Waals surface area contributed by atoms with E-state index < -0.39 is 27.1 Å². The molecule has 1 rings (SSSR count). The summed E-state index contributed by atoms with van der Waals surface area (Å²) in [6.45, 7) is 0. The van der Waals surface area contributed by atoms with Crippen molar-refractivity contribution in [2.24, 2.45) is 16.8 Å². The highest BCUT2D eigenvalue weighted by atomic mass is 32.2. The van der Waals surface area contributed by atoms with Gasteiger partial charge in [0.2, 0.25) is 15.9 Å². The summed E-state index contributed by atoms with van der Waals surface area (Å²) in [5, 5.41) is 4.24. The SMILES string of the molecule is NC(=O)[C@H]1CCCC[C@H]1S(N)(=O)=O. The largest absolute Gasteiger partial charge is 0.369 e. The molecule has 0 aliphatic heterocycles. The lowest BCUT2D eigenvalue weighted by molar-refractivity contribution is -0.122. The first-order valence-electron chi connectivity index (χ1n) is 4.24. The summed E-state index contributed by atoms with van der Waals surface area (Å²) in [6, 6.07) is 0. The van der Waals surface area contributed by atoms with Gasteiger partial charge in [0.1, 0.15) is 0 Å². The molecule has 1 fully saturated rings. The van der Waals surface area contributed by atoms with Crippen LogP contribution in [-0.4, -0.2) is 19.6 Å². The first kappa shape index (κ1) is 10.5. The van der Waals surface area contributed by atoms with Crippen LogP contribution in [0.3, 0.4) is 0 Å². The van der Waals surface area contributed by atoms with Crippen LogP contribution in [-0.2, 0) is 14.8 Å². The fraction of sp³-hybridized carbons (Fsp3) is 0.857. The van der Waals surface area contributed by atoms with Gasteiger partial charge < -0.3 is 5.73 Å². The minimum atomic E-state index is -3.62. The molecule has 1 aliphatic carbocycles. The van der Waals surface area contributed by atoms with E-state index in [0.29, 0.717) is 12.8 Å². The van der Waals surface area contributed by atoms with Crippen molar-refractivity contribution in [3.05, 3.63) is 0 Å². The van der Waals surface area contributed by atoms with Gasteiger partial charge in [-0.05, 0) is 12.8 Å². The third-order valence-corrected chi connectivity index (χ3v) is 3.90. The molecule has 5 nitrogen and oxygen atoms in total. The van der Waals surface area contributed by atoms with Crippen LogP contribution in [0, 0.1) is 5.92 Å². The van der Waals surface area contributed by atoms with Gasteiger partial charge in [-0.15, -0.1) is 0 Å². The van der Waals surface area contributed by atoms with Crippen LogP contribution < -0.4 is 10.9 Å². The Morgan fingerprint density at radius 1 is 1.23 bits per heavy atom. The Bertz CT molecular complexity index is 299. The molecule has 1 saturated carbocycles. The van der Waals surface area contributed by atoms with Gasteiger partial charge in [0.05, 0.1) is 11.2 Å². The molecular formula is C7H14N2O3S. The van der Waals surface area contributed by atoms with Crippen molar-refractivity contribution in [3.8, 4) is 0 Å². The van der Waals surface area contributed by atoms with E-state index in [1.807, 2.05) is 0 Å². The molecule has 1 aliphatic rings. The van der Waals surface area contributed by atoms with Crippen LogP contribution in [0.2, 0.25) is 0 Å². The summed E-state index contributed by atoms with van der Waals surface area (Å²) in [6.07, 6.45) is 2.63. The molecule has 0 bridgehead atoms. The van der Waals surface area contributed by atoms with E-state index in [2.05, 4.69) is 0 Å². The van der Waals surface area contributed by atoms with E-state index in [9.17, 15) is 13.2 Å². The van der Waals surface area contributed by atoms with Gasteiger partial charge in [-0.1, -0.05) is 12.8 Å². The second kappa shape index (κ2) is 3.63. The molecular weight excluding hydrogens is 192 g/mol. The third kappa shape index (κ3) is 2.41. The number of sulfonamides is 1. The molecule has 4 N–H and O–H groups in total. The quantitative estimate of drug-likeness (QED) is 0.625. The van der Waals surface area contributed by atoms with Crippen LogP contribution >= 0.6 is 0 Å². The Hall–Kier alpha value is -0.620. The van der Waals surface area contributed by atoms with Gasteiger partial charge in [0.15, 0.2) is 0 Å². The Morgan fingerprint density at radius 2 is 1.77 bits per heavy atom. The first-order chi connectivity index (χ1) is 5.93. The normalized spacial score (nSPS) is 29.9. The van der Waals surface area contributed by atoms with E-state index in [0.717, 1.165) is 12.8 Å². The summed E-state index contributed by atoms with van der Waals surface area (Å²) in [7, 11) is -3.62. The van der Waals surface area contributed by atoms with Gasteiger partial charge in [0, 0.05) is 0 Å². The molecule has 0 aromatic rings. The van der Waals surface area contributed by atoms with Gasteiger partial charge >= 0.3 is 0 Å². The van der Waals surface area contributed by atoms with Crippen molar-refractivity contribution in [1.29, 1.82) is 0 Å². The Morgan fingerprint density at radius 3 is 2.15 bits per heavy atom. The lowest BCUT2D eigenvalue weighted by Crippen LogP contribution is -2.43. The summed E-state index contributed by atoms with van der Waals surface area (Å²) < 4.78 is 22.1. The zero-order valence-electron chi connectivity index (χ0n) is 7.27. The zero-order valence-corrected chi connectivity index (χ0v) is 8.09. The third-order valence-electron chi connectivity index (χ3n) is 2.49. The Kier molecular flexibility index (Phi) is 2.92. The fourth-order valence-corrected chi connectivity index (χ4v) is 3.04. The number of hydrogen-bond acceptors (Lipinski definition) is 3. The average Bonchev–Trinajstić information content (AvgIpc) is 2.03. The van der Waals surface area contributed by atoms with Crippen molar-refractivity contribution in [2.45, 2.75) is 30.9 Å². The minimum Gasteiger partial charge on any atom is -0.369 e. The van der Waals surface area contributed by atoms with Gasteiger partial charge in [-0.2, -0.15) is 0 Å². The maximum absolute atomic E-state index is 11.1. The molecule has 13 heavy (non-hydrogen) atoms. The van der Waals surface area contributed by atoms with Gasteiger partial charge in [-0.25, -0.2) is 13.6 Å². The lowest BCUT2D eigenvalue weighted by Gasteiger charge is -2.26. The molecule has 0 heterocycles. The monoisotopic (exact) mass is 206 g/mol. The minimum absolute atomic E-state index is 0.451. The number of nitrogens with two attached hydrogens (primary N) is 2. The highest BCUT2D eigenvalue weighted by molar-refractivity contribution is 7.89.